The van der Waals surface area contributed by atoms with Gasteiger partial charge in [0.05, 0.1) is 6.08 Å². The van der Waals surface area contributed by atoms with Gasteiger partial charge in [-0.05, 0) is 6.07 Å². The maximum absolute atomic E-state index is 4.09. The Morgan fingerprint density at radius 3 is 3.30 bits per heavy atom. The number of hydrogen-bond acceptors (Lipinski definition) is 2. The van der Waals surface area contributed by atoms with Crippen LogP contribution in [0.4, 0.5) is 0 Å². The zero-order valence-corrected chi connectivity index (χ0v) is 5.28. The fraction of sp³-hybridized carbons (Fsp3) is 0. The third-order valence-corrected chi connectivity index (χ3v) is 1.29. The van der Waals surface area contributed by atoms with E-state index in [1.807, 2.05) is 12.1 Å². The second kappa shape index (κ2) is 2.01. The lowest BCUT2D eigenvalue weighted by Crippen LogP contribution is -2.28. The van der Waals surface area contributed by atoms with Gasteiger partial charge in [-0.2, -0.15) is 0 Å². The predicted octanol–water partition coefficient (Wildman–Crippen LogP) is -0.114. The Kier molecular flexibility index (Phi) is 1.06. The van der Waals surface area contributed by atoms with Crippen LogP contribution in [0.25, 0.3) is 6.08 Å². The van der Waals surface area contributed by atoms with Gasteiger partial charge < -0.3 is 0 Å². The van der Waals surface area contributed by atoms with Gasteiger partial charge in [0.25, 0.3) is 5.35 Å². The van der Waals surface area contributed by atoms with Crippen molar-refractivity contribution < 1.29 is 0 Å². The Balaban J connectivity index is 2.92. The highest BCUT2D eigenvalue weighted by Gasteiger charge is 1.97. The van der Waals surface area contributed by atoms with Crippen LogP contribution in [0.5, 0.6) is 0 Å². The van der Waals surface area contributed by atoms with Gasteiger partial charge >= 0.3 is 0 Å². The van der Waals surface area contributed by atoms with Crippen LogP contribution in [0.15, 0.2) is 35.6 Å². The fourth-order valence-corrected chi connectivity index (χ4v) is 0.846. The average molecular weight is 129 g/mol. The Hall–Kier alpha value is -1.53. The van der Waals surface area contributed by atoms with Crippen molar-refractivity contribution in [2.45, 2.75) is 0 Å². The molecule has 1 aliphatic heterocycles. The SMILES string of the molecule is [C+]1=c2ncccc2=NC=C1. The number of pyridine rings is 1. The molecule has 0 aliphatic carbocycles. The minimum atomic E-state index is 0.824. The molecular formula is C8H5N2+. The minimum absolute atomic E-state index is 0.824. The van der Waals surface area contributed by atoms with Crippen molar-refractivity contribution >= 4 is 6.08 Å². The van der Waals surface area contributed by atoms with Crippen molar-refractivity contribution in [2.75, 3.05) is 0 Å². The topological polar surface area (TPSA) is 25.2 Å². The largest absolute Gasteiger partial charge is 0.255 e. The molecule has 0 saturated heterocycles. The van der Waals surface area contributed by atoms with Crippen LogP contribution in [0.2, 0.25) is 0 Å². The van der Waals surface area contributed by atoms with Gasteiger partial charge in [0.2, 0.25) is 5.36 Å². The molecule has 0 fully saturated rings. The van der Waals surface area contributed by atoms with Crippen molar-refractivity contribution in [1.29, 1.82) is 0 Å². The third kappa shape index (κ3) is 0.714. The van der Waals surface area contributed by atoms with E-state index >= 15 is 0 Å². The van der Waals surface area contributed by atoms with Gasteiger partial charge in [0.1, 0.15) is 12.3 Å². The first-order valence-electron chi connectivity index (χ1n) is 3.04. The summed E-state index contributed by atoms with van der Waals surface area (Å²) in [6, 6.07) is 3.78. The van der Waals surface area contributed by atoms with Gasteiger partial charge in [-0.15, -0.1) is 4.99 Å². The van der Waals surface area contributed by atoms with Crippen molar-refractivity contribution in [3.63, 3.8) is 0 Å². The summed E-state index contributed by atoms with van der Waals surface area (Å²) in [6.45, 7) is 0. The summed E-state index contributed by atoms with van der Waals surface area (Å²) in [7, 11) is 0. The lowest BCUT2D eigenvalue weighted by Gasteiger charge is -1.79. The smallest absolute Gasteiger partial charge is 0.220 e. The minimum Gasteiger partial charge on any atom is -0.220 e. The summed E-state index contributed by atoms with van der Waals surface area (Å²) < 4.78 is 0. The van der Waals surface area contributed by atoms with E-state index in [-0.39, 0.29) is 0 Å². The standard InChI is InChI=1S/C8H5N2/c1-3-7-8(9-5-1)4-2-6-10-7/h1-3,5-6H/q+1. The number of fused-ring (bicyclic) bond motifs is 1. The average Bonchev–Trinajstić information content (AvgIpc) is 2.05. The lowest BCUT2D eigenvalue weighted by molar-refractivity contribution is 1.15. The van der Waals surface area contributed by atoms with Crippen LogP contribution in [0.3, 0.4) is 0 Å². The summed E-state index contributed by atoms with van der Waals surface area (Å²) in [5.41, 5.74) is 0. The first kappa shape index (κ1) is 5.27. The number of rotatable bonds is 0. The Labute approximate surface area is 58.3 Å². The van der Waals surface area contributed by atoms with Gasteiger partial charge in [-0.1, -0.05) is 0 Å². The highest BCUT2D eigenvalue weighted by molar-refractivity contribution is 5.35. The van der Waals surface area contributed by atoms with Crippen molar-refractivity contribution in [1.82, 2.24) is 4.98 Å². The number of aromatic nitrogens is 1. The van der Waals surface area contributed by atoms with E-state index < -0.39 is 0 Å². The molecular weight excluding hydrogens is 124 g/mol. The van der Waals surface area contributed by atoms with Crippen LogP contribution < -0.4 is 10.7 Å². The molecule has 0 atom stereocenters. The second-order valence-electron chi connectivity index (χ2n) is 1.96. The molecule has 2 rings (SSSR count). The molecule has 0 spiro atoms. The molecule has 0 bridgehead atoms. The van der Waals surface area contributed by atoms with Crippen molar-refractivity contribution in [3.05, 3.63) is 41.3 Å². The summed E-state index contributed by atoms with van der Waals surface area (Å²) in [6.07, 6.45) is 8.19. The Morgan fingerprint density at radius 1 is 1.40 bits per heavy atom. The molecule has 46 valence electrons. The number of hydrogen-bond donors (Lipinski definition) is 0. The first-order chi connectivity index (χ1) is 4.97. The van der Waals surface area contributed by atoms with Crippen molar-refractivity contribution in [2.24, 2.45) is 4.99 Å². The van der Waals surface area contributed by atoms with Crippen LogP contribution in [-0.4, -0.2) is 4.98 Å². The molecule has 2 heteroatoms. The summed E-state index contributed by atoms with van der Waals surface area (Å²) in [5, 5.41) is 1.72. The van der Waals surface area contributed by atoms with Crippen LogP contribution in [-0.2, 0) is 0 Å². The van der Waals surface area contributed by atoms with E-state index in [0.717, 1.165) is 10.7 Å². The van der Waals surface area contributed by atoms with Gasteiger partial charge in [0.15, 0.2) is 0 Å². The highest BCUT2D eigenvalue weighted by Crippen LogP contribution is 1.78. The molecule has 0 saturated carbocycles. The Bertz CT molecular complexity index is 339. The Morgan fingerprint density at radius 2 is 2.40 bits per heavy atom. The van der Waals surface area contributed by atoms with Gasteiger partial charge in [-0.25, -0.2) is 4.98 Å². The van der Waals surface area contributed by atoms with E-state index in [0.29, 0.717) is 0 Å². The van der Waals surface area contributed by atoms with Gasteiger partial charge in [-0.3, -0.25) is 0 Å². The molecule has 2 nitrogen and oxygen atoms in total. The molecule has 1 aliphatic rings. The molecule has 0 radical (unpaired) electrons. The monoisotopic (exact) mass is 129 g/mol. The quantitative estimate of drug-likeness (QED) is 0.448. The summed E-state index contributed by atoms with van der Waals surface area (Å²) in [5.74, 6) is 0. The molecule has 0 unspecified atom stereocenters. The maximum Gasteiger partial charge on any atom is 0.255 e. The molecule has 0 amide bonds. The van der Waals surface area contributed by atoms with E-state index in [4.69, 9.17) is 0 Å². The number of nitrogens with zero attached hydrogens (tertiary/aromatic N) is 2. The molecule has 1 aromatic heterocycles. The fourth-order valence-electron chi connectivity index (χ4n) is 0.846. The van der Waals surface area contributed by atoms with Crippen molar-refractivity contribution in [3.8, 4) is 0 Å². The first-order valence-corrected chi connectivity index (χ1v) is 3.04. The number of allylic oxidation sites excluding steroid dienone is 1. The second-order valence-corrected chi connectivity index (χ2v) is 1.96. The highest BCUT2D eigenvalue weighted by atomic mass is 14.7. The zero-order chi connectivity index (χ0) is 6.81. The van der Waals surface area contributed by atoms with Crippen LogP contribution in [0.1, 0.15) is 0 Å². The molecule has 0 N–H and O–H groups in total. The molecule has 10 heavy (non-hydrogen) atoms. The normalized spacial score (nSPS) is 12.4. The van der Waals surface area contributed by atoms with E-state index in [2.05, 4.69) is 16.1 Å². The zero-order valence-electron chi connectivity index (χ0n) is 5.28. The van der Waals surface area contributed by atoms with E-state index in [1.165, 1.54) is 0 Å². The van der Waals surface area contributed by atoms with E-state index in [1.54, 1.807) is 18.5 Å². The third-order valence-electron chi connectivity index (χ3n) is 1.29. The van der Waals surface area contributed by atoms with Crippen LogP contribution in [0, 0.1) is 0 Å². The summed E-state index contributed by atoms with van der Waals surface area (Å²) in [4.78, 5) is 8.15. The van der Waals surface area contributed by atoms with E-state index in [9.17, 15) is 0 Å². The lowest BCUT2D eigenvalue weighted by atomic mass is 10.3. The summed E-state index contributed by atoms with van der Waals surface area (Å²) >= 11 is 0. The maximum atomic E-state index is 4.09. The van der Waals surface area contributed by atoms with Crippen LogP contribution >= 0.6 is 0 Å². The molecule has 0 aromatic carbocycles. The molecule has 2 heterocycles. The van der Waals surface area contributed by atoms with Gasteiger partial charge in [0, 0.05) is 12.3 Å². The molecule has 1 aromatic rings. The predicted molar refractivity (Wildman–Crippen MR) is 37.6 cm³/mol.